The molecule has 1 fully saturated rings. The molecular weight excluding hydrogens is 328 g/mol. The largest absolute Gasteiger partial charge is 0.385 e. The first kappa shape index (κ1) is 18.5. The van der Waals surface area contributed by atoms with Gasteiger partial charge in [0.15, 0.2) is 0 Å². The summed E-state index contributed by atoms with van der Waals surface area (Å²) in [6, 6.07) is 7.19. The average Bonchev–Trinajstić information content (AvgIpc) is 2.91. The van der Waals surface area contributed by atoms with Crippen molar-refractivity contribution in [2.45, 2.75) is 25.8 Å². The molecule has 1 amide bonds. The molecule has 0 bridgehead atoms. The number of hydrogen-bond donors (Lipinski definition) is 1. The van der Waals surface area contributed by atoms with Gasteiger partial charge < -0.3 is 10.1 Å². The Hall–Kier alpha value is -1.86. The quantitative estimate of drug-likeness (QED) is 0.759. The molecule has 1 heterocycles. The van der Waals surface area contributed by atoms with Gasteiger partial charge in [-0.2, -0.15) is 0 Å². The number of carbonyl (C=O) groups is 1. The van der Waals surface area contributed by atoms with E-state index in [0.717, 1.165) is 12.0 Å². The molecule has 1 aromatic rings. The molecule has 1 aliphatic rings. The Kier molecular flexibility index (Phi) is 6.39. The topological polar surface area (TPSA) is 75.7 Å². The Labute approximate surface area is 143 Å². The number of amides is 1. The van der Waals surface area contributed by atoms with Crippen molar-refractivity contribution in [1.82, 2.24) is 5.32 Å². The zero-order chi connectivity index (χ0) is 17.6. The molecule has 0 aromatic heterocycles. The molecule has 132 valence electrons. The van der Waals surface area contributed by atoms with E-state index in [0.29, 0.717) is 25.3 Å². The fourth-order valence-electron chi connectivity index (χ4n) is 2.51. The number of carbonyl (C=O) groups excluding carboxylic acids is 1. The zero-order valence-electron chi connectivity index (χ0n) is 14.1. The lowest BCUT2D eigenvalue weighted by molar-refractivity contribution is -0.117. The average molecular weight is 352 g/mol. The van der Waals surface area contributed by atoms with Crippen molar-refractivity contribution in [3.8, 4) is 0 Å². The lowest BCUT2D eigenvalue weighted by Gasteiger charge is -2.16. The molecule has 0 saturated carbocycles. The summed E-state index contributed by atoms with van der Waals surface area (Å²) >= 11 is 0. The van der Waals surface area contributed by atoms with Crippen LogP contribution < -0.4 is 9.62 Å². The van der Waals surface area contributed by atoms with Gasteiger partial charge in [0.25, 0.3) is 0 Å². The van der Waals surface area contributed by atoms with E-state index in [1.54, 1.807) is 37.5 Å². The van der Waals surface area contributed by atoms with Gasteiger partial charge in [0.2, 0.25) is 15.9 Å². The number of hydrogen-bond acceptors (Lipinski definition) is 4. The van der Waals surface area contributed by atoms with Crippen molar-refractivity contribution in [2.24, 2.45) is 0 Å². The molecule has 0 radical (unpaired) electrons. The lowest BCUT2D eigenvalue weighted by Crippen LogP contribution is -2.31. The Morgan fingerprint density at radius 3 is 2.67 bits per heavy atom. The minimum Gasteiger partial charge on any atom is -0.385 e. The van der Waals surface area contributed by atoms with E-state index >= 15 is 0 Å². The second-order valence-corrected chi connectivity index (χ2v) is 7.87. The van der Waals surface area contributed by atoms with Gasteiger partial charge in [-0.05, 0) is 43.5 Å². The minimum atomic E-state index is -3.16. The maximum atomic E-state index is 11.9. The highest BCUT2D eigenvalue weighted by molar-refractivity contribution is 7.93. The normalized spacial score (nSPS) is 18.0. The third-order valence-corrected chi connectivity index (χ3v) is 5.72. The van der Waals surface area contributed by atoms with Gasteiger partial charge in [-0.1, -0.05) is 12.1 Å². The number of methoxy groups -OCH3 is 1. The van der Waals surface area contributed by atoms with Crippen molar-refractivity contribution >= 4 is 27.7 Å². The molecule has 7 heteroatoms. The molecule has 0 spiro atoms. The van der Waals surface area contributed by atoms with Gasteiger partial charge in [0.05, 0.1) is 11.4 Å². The predicted octanol–water partition coefficient (Wildman–Crippen LogP) is 1.78. The molecule has 0 aliphatic carbocycles. The third-order valence-electron chi connectivity index (χ3n) is 3.85. The van der Waals surface area contributed by atoms with Crippen molar-refractivity contribution in [1.29, 1.82) is 0 Å². The highest BCUT2D eigenvalue weighted by Gasteiger charge is 2.28. The fourth-order valence-corrected chi connectivity index (χ4v) is 4.08. The Balaban J connectivity index is 1.93. The number of benzene rings is 1. The number of rotatable bonds is 7. The van der Waals surface area contributed by atoms with Crippen LogP contribution in [-0.4, -0.2) is 46.4 Å². The number of ether oxygens (including phenoxy) is 1. The molecule has 1 aliphatic heterocycles. The smallest absolute Gasteiger partial charge is 0.244 e. The van der Waals surface area contributed by atoms with Crippen molar-refractivity contribution < 1.29 is 17.9 Å². The van der Waals surface area contributed by atoms with Crippen LogP contribution in [0.15, 0.2) is 30.3 Å². The van der Waals surface area contributed by atoms with Crippen molar-refractivity contribution in [2.75, 3.05) is 30.3 Å². The van der Waals surface area contributed by atoms with Crippen LogP contribution in [-0.2, 0) is 19.6 Å². The van der Waals surface area contributed by atoms with Crippen LogP contribution in [0.4, 0.5) is 5.69 Å². The van der Waals surface area contributed by atoms with E-state index in [9.17, 15) is 13.2 Å². The lowest BCUT2D eigenvalue weighted by atomic mass is 10.2. The van der Waals surface area contributed by atoms with Gasteiger partial charge in [-0.3, -0.25) is 9.10 Å². The Morgan fingerprint density at radius 1 is 1.38 bits per heavy atom. The molecule has 1 N–H and O–H groups in total. The second-order valence-electron chi connectivity index (χ2n) is 5.86. The van der Waals surface area contributed by atoms with E-state index in [1.165, 1.54) is 10.4 Å². The molecule has 2 rings (SSSR count). The second kappa shape index (κ2) is 8.30. The Morgan fingerprint density at radius 2 is 2.08 bits per heavy atom. The summed E-state index contributed by atoms with van der Waals surface area (Å²) in [6.07, 6.45) is 4.60. The summed E-state index contributed by atoms with van der Waals surface area (Å²) in [4.78, 5) is 11.8. The molecule has 1 aromatic carbocycles. The van der Waals surface area contributed by atoms with E-state index in [1.807, 2.05) is 6.92 Å². The van der Waals surface area contributed by atoms with Crippen LogP contribution in [0, 0.1) is 0 Å². The van der Waals surface area contributed by atoms with E-state index in [-0.39, 0.29) is 17.7 Å². The number of nitrogens with one attached hydrogen (secondary N) is 1. The van der Waals surface area contributed by atoms with Gasteiger partial charge in [-0.25, -0.2) is 8.42 Å². The number of sulfonamides is 1. The van der Waals surface area contributed by atoms with Crippen LogP contribution in [0.25, 0.3) is 6.08 Å². The van der Waals surface area contributed by atoms with Crippen LogP contribution >= 0.6 is 0 Å². The molecule has 1 atom stereocenters. The standard InChI is InChI=1S/C17H24N2O4S/c1-14(10-12-23-2)18-17(20)9-6-15-4-7-16(8-5-15)19-11-3-13-24(19,21)22/h4-9,14H,3,10-13H2,1-2H3,(H,18,20)/b9-6+. The first-order valence-electron chi connectivity index (χ1n) is 8.00. The summed E-state index contributed by atoms with van der Waals surface area (Å²) in [5.74, 6) is 0.0422. The van der Waals surface area contributed by atoms with Crippen molar-refractivity contribution in [3.63, 3.8) is 0 Å². The predicted molar refractivity (Wildman–Crippen MR) is 95.3 cm³/mol. The zero-order valence-corrected chi connectivity index (χ0v) is 14.9. The molecule has 1 unspecified atom stereocenters. The summed E-state index contributed by atoms with van der Waals surface area (Å²) < 4.78 is 30.2. The SMILES string of the molecule is COCCC(C)NC(=O)/C=C/c1ccc(N2CCCS2(=O)=O)cc1. The van der Waals surface area contributed by atoms with Crippen LogP contribution in [0.1, 0.15) is 25.3 Å². The molecule has 1 saturated heterocycles. The molecule has 24 heavy (non-hydrogen) atoms. The maximum Gasteiger partial charge on any atom is 0.244 e. The first-order chi connectivity index (χ1) is 11.4. The molecule has 6 nitrogen and oxygen atoms in total. The van der Waals surface area contributed by atoms with Crippen LogP contribution in [0.2, 0.25) is 0 Å². The van der Waals surface area contributed by atoms with E-state index in [2.05, 4.69) is 5.32 Å². The molecular formula is C17H24N2O4S. The van der Waals surface area contributed by atoms with Crippen LogP contribution in [0.3, 0.4) is 0 Å². The summed E-state index contributed by atoms with van der Waals surface area (Å²) in [5.41, 5.74) is 1.51. The monoisotopic (exact) mass is 352 g/mol. The number of anilines is 1. The van der Waals surface area contributed by atoms with Crippen molar-refractivity contribution in [3.05, 3.63) is 35.9 Å². The minimum absolute atomic E-state index is 0.0462. The summed E-state index contributed by atoms with van der Waals surface area (Å²) in [7, 11) is -1.53. The summed E-state index contributed by atoms with van der Waals surface area (Å²) in [6.45, 7) is 3.06. The van der Waals surface area contributed by atoms with Gasteiger partial charge >= 0.3 is 0 Å². The highest BCUT2D eigenvalue weighted by Crippen LogP contribution is 2.24. The van der Waals surface area contributed by atoms with Gasteiger partial charge in [0, 0.05) is 32.4 Å². The summed E-state index contributed by atoms with van der Waals surface area (Å²) in [5, 5.41) is 2.86. The fraction of sp³-hybridized carbons (Fsp3) is 0.471. The van der Waals surface area contributed by atoms with E-state index in [4.69, 9.17) is 4.74 Å². The van der Waals surface area contributed by atoms with Gasteiger partial charge in [-0.15, -0.1) is 0 Å². The number of nitrogens with zero attached hydrogens (tertiary/aromatic N) is 1. The Bertz CT molecular complexity index is 683. The highest BCUT2D eigenvalue weighted by atomic mass is 32.2. The maximum absolute atomic E-state index is 11.9. The van der Waals surface area contributed by atoms with Gasteiger partial charge in [0.1, 0.15) is 0 Å². The van der Waals surface area contributed by atoms with Crippen LogP contribution in [0.5, 0.6) is 0 Å². The van der Waals surface area contributed by atoms with E-state index < -0.39 is 10.0 Å². The third kappa shape index (κ3) is 5.07. The first-order valence-corrected chi connectivity index (χ1v) is 9.61.